The summed E-state index contributed by atoms with van der Waals surface area (Å²) in [6.07, 6.45) is -0.308. The lowest BCUT2D eigenvalue weighted by Crippen LogP contribution is -2.47. The molecular weight excluding hydrogens is 182 g/mol. The average molecular weight is 198 g/mol. The van der Waals surface area contributed by atoms with Crippen molar-refractivity contribution in [2.24, 2.45) is 0 Å². The van der Waals surface area contributed by atoms with Gasteiger partial charge in [-0.2, -0.15) is 0 Å². The van der Waals surface area contributed by atoms with E-state index in [0.29, 0.717) is 0 Å². The second kappa shape index (κ2) is 5.72. The Morgan fingerprint density at radius 3 is 1.92 bits per heavy atom. The lowest BCUT2D eigenvalue weighted by Gasteiger charge is -2.33. The third kappa shape index (κ3) is 3.25. The summed E-state index contributed by atoms with van der Waals surface area (Å²) in [6.45, 7) is 1.60. The Morgan fingerprint density at radius 2 is 1.58 bits per heavy atom. The molecule has 1 fully saturated rings. The summed E-state index contributed by atoms with van der Waals surface area (Å²) in [5.41, 5.74) is 0. The van der Waals surface area contributed by atoms with Crippen LogP contribution in [-0.2, 0) is 14.2 Å². The van der Waals surface area contributed by atoms with Gasteiger partial charge in [0.1, 0.15) is 0 Å². The van der Waals surface area contributed by atoms with Crippen LogP contribution in [0.4, 0.5) is 0 Å². The third-order valence-corrected chi connectivity index (χ3v) is 1.75. The van der Waals surface area contributed by atoms with Gasteiger partial charge in [0.25, 0.3) is 0 Å². The van der Waals surface area contributed by atoms with E-state index in [1.807, 2.05) is 7.05 Å². The zero-order chi connectivity index (χ0) is 8.27. The van der Waals surface area contributed by atoms with Crippen molar-refractivity contribution < 1.29 is 14.2 Å². The van der Waals surface area contributed by atoms with Crippen LogP contribution in [0.2, 0.25) is 0 Å². The number of halogens is 1. The number of ether oxygens (including phenoxy) is 3. The molecule has 0 unspecified atom stereocenters. The topological polar surface area (TPSA) is 30.9 Å². The molecule has 4 nitrogen and oxygen atoms in total. The minimum Gasteiger partial charge on any atom is -0.354 e. The number of hydrogen-bond donors (Lipinski definition) is 0. The van der Waals surface area contributed by atoms with E-state index in [4.69, 9.17) is 14.2 Å². The molecule has 0 spiro atoms. The van der Waals surface area contributed by atoms with Gasteiger partial charge in [0.05, 0.1) is 0 Å². The molecule has 0 saturated carbocycles. The fraction of sp³-hybridized carbons (Fsp3) is 1.00. The van der Waals surface area contributed by atoms with Gasteiger partial charge in [0.15, 0.2) is 12.6 Å². The molecule has 1 heterocycles. The van der Waals surface area contributed by atoms with Crippen LogP contribution in [0, 0.1) is 0 Å². The minimum atomic E-state index is -0.154. The second-order valence-corrected chi connectivity index (χ2v) is 2.69. The monoisotopic (exact) mass is 197 g/mol. The molecule has 0 amide bonds. The normalized spacial score (nSPS) is 31.2. The van der Waals surface area contributed by atoms with Gasteiger partial charge in [0, 0.05) is 27.3 Å². The minimum absolute atomic E-state index is 0. The highest BCUT2D eigenvalue weighted by Crippen LogP contribution is 2.09. The number of morpholine rings is 1. The molecule has 1 aliphatic heterocycles. The Kier molecular flexibility index (Phi) is 5.78. The van der Waals surface area contributed by atoms with Crippen molar-refractivity contribution in [3.63, 3.8) is 0 Å². The van der Waals surface area contributed by atoms with Gasteiger partial charge in [0.2, 0.25) is 0 Å². The van der Waals surface area contributed by atoms with Gasteiger partial charge < -0.3 is 14.2 Å². The fourth-order valence-electron chi connectivity index (χ4n) is 1.10. The molecule has 1 aliphatic rings. The molecule has 12 heavy (non-hydrogen) atoms. The summed E-state index contributed by atoms with van der Waals surface area (Å²) in [4.78, 5) is 2.12. The maximum Gasteiger partial charge on any atom is 0.172 e. The van der Waals surface area contributed by atoms with E-state index in [1.54, 1.807) is 14.2 Å². The summed E-state index contributed by atoms with van der Waals surface area (Å²) < 4.78 is 15.5. The van der Waals surface area contributed by atoms with E-state index < -0.39 is 0 Å². The Balaban J connectivity index is 0.00000121. The highest BCUT2D eigenvalue weighted by molar-refractivity contribution is 5.85. The predicted octanol–water partition coefficient (Wildman–Crippen LogP) is 0.315. The van der Waals surface area contributed by atoms with Crippen LogP contribution in [0.5, 0.6) is 0 Å². The Labute approximate surface area is 79.2 Å². The van der Waals surface area contributed by atoms with Crippen LogP contribution in [0.15, 0.2) is 0 Å². The smallest absolute Gasteiger partial charge is 0.172 e. The maximum absolute atomic E-state index is 5.37. The van der Waals surface area contributed by atoms with Gasteiger partial charge in [-0.15, -0.1) is 12.4 Å². The molecule has 0 bridgehead atoms. The van der Waals surface area contributed by atoms with E-state index in [2.05, 4.69) is 4.90 Å². The number of likely N-dealkylation sites (N-methyl/N-ethyl adjacent to an activating group) is 1. The summed E-state index contributed by atoms with van der Waals surface area (Å²) in [5.74, 6) is 0. The molecule has 0 N–H and O–H groups in total. The van der Waals surface area contributed by atoms with Crippen molar-refractivity contribution in [3.8, 4) is 0 Å². The fourth-order valence-corrected chi connectivity index (χ4v) is 1.10. The van der Waals surface area contributed by atoms with Crippen molar-refractivity contribution >= 4 is 12.4 Å². The van der Waals surface area contributed by atoms with Crippen LogP contribution in [0.25, 0.3) is 0 Å². The molecule has 0 aromatic rings. The largest absolute Gasteiger partial charge is 0.354 e. The predicted molar refractivity (Wildman–Crippen MR) is 47.4 cm³/mol. The lowest BCUT2D eigenvalue weighted by molar-refractivity contribution is -0.263. The zero-order valence-corrected chi connectivity index (χ0v) is 8.47. The SMILES string of the molecule is CO[C@H]1CN(C)C[C@@H](OC)O1.Cl. The number of nitrogens with zero attached hydrogens (tertiary/aromatic N) is 1. The van der Waals surface area contributed by atoms with Gasteiger partial charge in [-0.1, -0.05) is 0 Å². The molecule has 2 atom stereocenters. The Hall–Kier alpha value is 0.130. The van der Waals surface area contributed by atoms with Crippen molar-refractivity contribution in [3.05, 3.63) is 0 Å². The molecule has 1 rings (SSSR count). The average Bonchev–Trinajstić information content (AvgIpc) is 2.03. The zero-order valence-electron chi connectivity index (χ0n) is 7.65. The first-order valence-corrected chi connectivity index (χ1v) is 3.66. The lowest BCUT2D eigenvalue weighted by atomic mass is 10.4. The first-order chi connectivity index (χ1) is 5.26. The quantitative estimate of drug-likeness (QED) is 0.638. The van der Waals surface area contributed by atoms with Crippen molar-refractivity contribution in [1.82, 2.24) is 4.90 Å². The summed E-state index contributed by atoms with van der Waals surface area (Å²) in [5, 5.41) is 0. The summed E-state index contributed by atoms with van der Waals surface area (Å²) in [6, 6.07) is 0. The molecule has 0 aromatic carbocycles. The van der Waals surface area contributed by atoms with Crippen molar-refractivity contribution in [1.29, 1.82) is 0 Å². The molecule has 0 radical (unpaired) electrons. The van der Waals surface area contributed by atoms with E-state index in [-0.39, 0.29) is 25.0 Å². The van der Waals surface area contributed by atoms with E-state index >= 15 is 0 Å². The summed E-state index contributed by atoms with van der Waals surface area (Å²) in [7, 11) is 5.29. The molecule has 5 heteroatoms. The van der Waals surface area contributed by atoms with E-state index in [9.17, 15) is 0 Å². The number of rotatable bonds is 2. The number of hydrogen-bond acceptors (Lipinski definition) is 4. The molecular formula is C7H16ClNO3. The van der Waals surface area contributed by atoms with Crippen LogP contribution in [0.1, 0.15) is 0 Å². The Bertz CT molecular complexity index is 113. The first-order valence-electron chi connectivity index (χ1n) is 3.66. The second-order valence-electron chi connectivity index (χ2n) is 2.69. The van der Waals surface area contributed by atoms with Crippen LogP contribution in [-0.4, -0.2) is 51.8 Å². The van der Waals surface area contributed by atoms with Gasteiger partial charge in [-0.25, -0.2) is 0 Å². The molecule has 0 aliphatic carbocycles. The molecule has 74 valence electrons. The first kappa shape index (κ1) is 12.1. The van der Waals surface area contributed by atoms with Crippen molar-refractivity contribution in [2.45, 2.75) is 12.6 Å². The Morgan fingerprint density at radius 1 is 1.17 bits per heavy atom. The highest BCUT2D eigenvalue weighted by Gasteiger charge is 2.24. The van der Waals surface area contributed by atoms with Crippen LogP contribution >= 0.6 is 12.4 Å². The van der Waals surface area contributed by atoms with Crippen LogP contribution in [0.3, 0.4) is 0 Å². The number of methoxy groups -OCH3 is 2. The van der Waals surface area contributed by atoms with Gasteiger partial charge in [-0.3, -0.25) is 4.90 Å². The van der Waals surface area contributed by atoms with Gasteiger partial charge in [-0.05, 0) is 7.05 Å². The molecule has 1 saturated heterocycles. The van der Waals surface area contributed by atoms with E-state index in [0.717, 1.165) is 13.1 Å². The highest BCUT2D eigenvalue weighted by atomic mass is 35.5. The van der Waals surface area contributed by atoms with E-state index in [1.165, 1.54) is 0 Å². The standard InChI is InChI=1S/C7H15NO3.ClH/c1-8-4-6(9-2)11-7(5-8)10-3;/h6-7H,4-5H2,1-3H3;1H/t6-,7+;. The maximum atomic E-state index is 5.37. The van der Waals surface area contributed by atoms with Crippen LogP contribution < -0.4 is 0 Å². The van der Waals surface area contributed by atoms with Crippen molar-refractivity contribution in [2.75, 3.05) is 34.4 Å². The third-order valence-electron chi connectivity index (χ3n) is 1.75. The molecule has 0 aromatic heterocycles. The summed E-state index contributed by atoms with van der Waals surface area (Å²) >= 11 is 0. The van der Waals surface area contributed by atoms with Gasteiger partial charge >= 0.3 is 0 Å².